The maximum atomic E-state index is 14.0. The molecule has 0 unspecified atom stereocenters. The number of ether oxygens (including phenoxy) is 1. The minimum Gasteiger partial charge on any atom is -0.496 e. The summed E-state index contributed by atoms with van der Waals surface area (Å²) in [5.74, 6) is 1.07. The second-order valence-electron chi connectivity index (χ2n) is 6.89. The highest BCUT2D eigenvalue weighted by atomic mass is 19.1. The first kappa shape index (κ1) is 17.5. The number of nitrogens with one attached hydrogen (secondary N) is 2. The van der Waals surface area contributed by atoms with E-state index in [-0.39, 0.29) is 17.1 Å². The predicted molar refractivity (Wildman–Crippen MR) is 96.2 cm³/mol. The molecular formula is C19H21FN4O3. The number of fused-ring (bicyclic) bond motifs is 1. The molecule has 2 N–H and O–H groups in total. The third-order valence-electron chi connectivity index (χ3n) is 5.06. The van der Waals surface area contributed by atoms with Gasteiger partial charge in [0, 0.05) is 11.3 Å². The fourth-order valence-electron chi connectivity index (χ4n) is 3.57. The van der Waals surface area contributed by atoms with Crippen molar-refractivity contribution < 1.29 is 18.4 Å². The zero-order chi connectivity index (χ0) is 19.0. The molecule has 8 heteroatoms. The molecule has 1 amide bonds. The zero-order valence-electron chi connectivity index (χ0n) is 15.2. The number of amides is 1. The van der Waals surface area contributed by atoms with E-state index in [1.807, 2.05) is 0 Å². The van der Waals surface area contributed by atoms with Crippen LogP contribution in [0.2, 0.25) is 0 Å². The van der Waals surface area contributed by atoms with Crippen LogP contribution in [0.4, 0.5) is 4.39 Å². The topological polar surface area (TPSA) is 93.0 Å². The molecule has 1 saturated carbocycles. The summed E-state index contributed by atoms with van der Waals surface area (Å²) in [6, 6.07) is 3.93. The van der Waals surface area contributed by atoms with Crippen molar-refractivity contribution in [1.29, 1.82) is 0 Å². The van der Waals surface area contributed by atoms with E-state index in [1.54, 1.807) is 13.0 Å². The summed E-state index contributed by atoms with van der Waals surface area (Å²) in [4.78, 5) is 19.8. The average Bonchev–Trinajstić information content (AvgIpc) is 3.40. The first-order valence-electron chi connectivity index (χ1n) is 9.06. The fourth-order valence-corrected chi connectivity index (χ4v) is 3.57. The third kappa shape index (κ3) is 3.27. The molecule has 1 aliphatic rings. The van der Waals surface area contributed by atoms with E-state index >= 15 is 0 Å². The van der Waals surface area contributed by atoms with Crippen molar-refractivity contribution in [3.63, 3.8) is 0 Å². The predicted octanol–water partition coefficient (Wildman–Crippen LogP) is 3.85. The van der Waals surface area contributed by atoms with Gasteiger partial charge in [0.2, 0.25) is 5.89 Å². The largest absolute Gasteiger partial charge is 0.496 e. The third-order valence-corrected chi connectivity index (χ3v) is 5.06. The Balaban J connectivity index is 1.51. The Morgan fingerprint density at radius 2 is 2.19 bits per heavy atom. The van der Waals surface area contributed by atoms with Gasteiger partial charge >= 0.3 is 0 Å². The number of carbonyl (C=O) groups is 1. The molecule has 0 radical (unpaired) electrons. The maximum absolute atomic E-state index is 14.0. The molecule has 27 heavy (non-hydrogen) atoms. The Morgan fingerprint density at radius 1 is 1.41 bits per heavy atom. The number of H-pyrrole nitrogens is 1. The first-order chi connectivity index (χ1) is 13.1. The van der Waals surface area contributed by atoms with Crippen LogP contribution >= 0.6 is 0 Å². The average molecular weight is 372 g/mol. The van der Waals surface area contributed by atoms with Crippen molar-refractivity contribution in [3.8, 4) is 5.75 Å². The standard InChI is InChI=1S/C19H21FN4O3/c1-10(19-23-17(24-27-19)11-5-3-4-6-11)21-18(25)14-9-12-15(26-2)8-7-13(20)16(12)22-14/h7-11,22H,3-6H2,1-2H3,(H,21,25)/t10-/m1/s1. The minimum absolute atomic E-state index is 0.230. The smallest absolute Gasteiger partial charge is 0.268 e. The highest BCUT2D eigenvalue weighted by Gasteiger charge is 2.25. The molecule has 3 aromatic rings. The molecule has 4 rings (SSSR count). The van der Waals surface area contributed by atoms with E-state index in [1.165, 1.54) is 32.1 Å². The molecule has 1 aliphatic carbocycles. The van der Waals surface area contributed by atoms with E-state index in [9.17, 15) is 9.18 Å². The van der Waals surface area contributed by atoms with Crippen molar-refractivity contribution in [1.82, 2.24) is 20.4 Å². The van der Waals surface area contributed by atoms with E-state index in [2.05, 4.69) is 20.4 Å². The normalized spacial score (nSPS) is 16.0. The van der Waals surface area contributed by atoms with Crippen LogP contribution in [0.15, 0.2) is 22.7 Å². The number of carbonyl (C=O) groups excluding carboxylic acids is 1. The molecular weight excluding hydrogens is 351 g/mol. The van der Waals surface area contributed by atoms with Crippen molar-refractivity contribution in [2.75, 3.05) is 7.11 Å². The Kier molecular flexibility index (Phi) is 4.55. The van der Waals surface area contributed by atoms with Crippen LogP contribution in [0.25, 0.3) is 10.9 Å². The first-order valence-corrected chi connectivity index (χ1v) is 9.06. The van der Waals surface area contributed by atoms with Gasteiger partial charge in [-0.25, -0.2) is 4.39 Å². The SMILES string of the molecule is COc1ccc(F)c2[nH]c(C(=O)N[C@H](C)c3nc(C4CCCC4)no3)cc12. The van der Waals surface area contributed by atoms with Gasteiger partial charge in [-0.2, -0.15) is 4.98 Å². The summed E-state index contributed by atoms with van der Waals surface area (Å²) in [5, 5.41) is 7.37. The van der Waals surface area contributed by atoms with Crippen LogP contribution in [0, 0.1) is 5.82 Å². The van der Waals surface area contributed by atoms with Crippen LogP contribution in [-0.2, 0) is 0 Å². The molecule has 0 spiro atoms. The van der Waals surface area contributed by atoms with E-state index in [4.69, 9.17) is 9.26 Å². The van der Waals surface area contributed by atoms with Crippen LogP contribution < -0.4 is 10.1 Å². The molecule has 0 bridgehead atoms. The van der Waals surface area contributed by atoms with Gasteiger partial charge in [-0.1, -0.05) is 18.0 Å². The van der Waals surface area contributed by atoms with Crippen LogP contribution in [0.1, 0.15) is 66.8 Å². The van der Waals surface area contributed by atoms with Crippen molar-refractivity contribution >= 4 is 16.8 Å². The summed E-state index contributed by atoms with van der Waals surface area (Å²) < 4.78 is 24.6. The van der Waals surface area contributed by atoms with Gasteiger partial charge in [0.25, 0.3) is 5.91 Å². The minimum atomic E-state index is -0.460. The number of aromatic nitrogens is 3. The van der Waals surface area contributed by atoms with Gasteiger partial charge in [0.15, 0.2) is 5.82 Å². The second kappa shape index (κ2) is 7.02. The lowest BCUT2D eigenvalue weighted by atomic mass is 10.1. The van der Waals surface area contributed by atoms with Gasteiger partial charge in [0.1, 0.15) is 23.3 Å². The molecule has 0 aliphatic heterocycles. The molecule has 2 aromatic heterocycles. The Morgan fingerprint density at radius 3 is 2.93 bits per heavy atom. The molecule has 1 atom stereocenters. The summed E-state index contributed by atoms with van der Waals surface area (Å²) in [5.41, 5.74) is 0.462. The highest BCUT2D eigenvalue weighted by molar-refractivity contribution is 5.99. The summed E-state index contributed by atoms with van der Waals surface area (Å²) in [6.45, 7) is 1.77. The Hall–Kier alpha value is -2.90. The van der Waals surface area contributed by atoms with Crippen molar-refractivity contribution in [2.45, 2.75) is 44.6 Å². The summed E-state index contributed by atoms with van der Waals surface area (Å²) >= 11 is 0. The van der Waals surface area contributed by atoms with Gasteiger partial charge in [-0.15, -0.1) is 0 Å². The van der Waals surface area contributed by atoms with Gasteiger partial charge < -0.3 is 19.6 Å². The number of rotatable bonds is 5. The fraction of sp³-hybridized carbons (Fsp3) is 0.421. The lowest BCUT2D eigenvalue weighted by Gasteiger charge is -2.08. The molecule has 1 aromatic carbocycles. The lowest BCUT2D eigenvalue weighted by Crippen LogP contribution is -2.27. The van der Waals surface area contributed by atoms with Gasteiger partial charge in [-0.3, -0.25) is 4.79 Å². The number of methoxy groups -OCH3 is 1. The van der Waals surface area contributed by atoms with E-state index in [0.717, 1.165) is 12.8 Å². The summed E-state index contributed by atoms with van der Waals surface area (Å²) in [7, 11) is 1.50. The molecule has 142 valence electrons. The number of halogens is 1. The van der Waals surface area contributed by atoms with E-state index in [0.29, 0.717) is 28.8 Å². The number of nitrogens with zero attached hydrogens (tertiary/aromatic N) is 2. The summed E-state index contributed by atoms with van der Waals surface area (Å²) in [6.07, 6.45) is 4.51. The van der Waals surface area contributed by atoms with Gasteiger partial charge in [0.05, 0.1) is 12.6 Å². The van der Waals surface area contributed by atoms with Gasteiger partial charge in [-0.05, 0) is 38.0 Å². The monoisotopic (exact) mass is 372 g/mol. The Bertz CT molecular complexity index is 975. The van der Waals surface area contributed by atoms with Crippen molar-refractivity contribution in [3.05, 3.63) is 41.4 Å². The number of hydrogen-bond acceptors (Lipinski definition) is 5. The quantitative estimate of drug-likeness (QED) is 0.710. The number of aromatic amines is 1. The van der Waals surface area contributed by atoms with Crippen LogP contribution in [0.5, 0.6) is 5.75 Å². The Labute approximate surface area is 155 Å². The number of hydrogen-bond donors (Lipinski definition) is 2. The second-order valence-corrected chi connectivity index (χ2v) is 6.89. The maximum Gasteiger partial charge on any atom is 0.268 e. The molecule has 1 fully saturated rings. The zero-order valence-corrected chi connectivity index (χ0v) is 15.2. The van der Waals surface area contributed by atoms with Crippen LogP contribution in [-0.4, -0.2) is 28.1 Å². The van der Waals surface area contributed by atoms with Crippen molar-refractivity contribution in [2.24, 2.45) is 0 Å². The van der Waals surface area contributed by atoms with Crippen LogP contribution in [0.3, 0.4) is 0 Å². The number of benzene rings is 1. The lowest BCUT2D eigenvalue weighted by molar-refractivity contribution is 0.0928. The molecule has 2 heterocycles. The highest BCUT2D eigenvalue weighted by Crippen LogP contribution is 2.33. The molecule has 0 saturated heterocycles. The van der Waals surface area contributed by atoms with E-state index < -0.39 is 11.9 Å². The molecule has 7 nitrogen and oxygen atoms in total.